The fourth-order valence-corrected chi connectivity index (χ4v) is 1.78. The Morgan fingerprint density at radius 2 is 2.33 bits per heavy atom. The molecule has 7 heteroatoms. The molecule has 15 heavy (non-hydrogen) atoms. The maximum Gasteiger partial charge on any atom is 0.260 e. The fourth-order valence-electron chi connectivity index (χ4n) is 1.09. The number of hydrogen-bond acceptors (Lipinski definition) is 6. The largest absolute Gasteiger partial charge is 0.334 e. The normalized spacial score (nSPS) is 10.0. The van der Waals surface area contributed by atoms with Crippen molar-refractivity contribution in [2.75, 3.05) is 7.05 Å². The van der Waals surface area contributed by atoms with Crippen LogP contribution in [-0.4, -0.2) is 21.6 Å². The molecule has 0 aliphatic carbocycles. The third-order valence-electron chi connectivity index (χ3n) is 1.78. The van der Waals surface area contributed by atoms with Crippen LogP contribution < -0.4 is 5.32 Å². The van der Waals surface area contributed by atoms with E-state index in [9.17, 15) is 0 Å². The summed E-state index contributed by atoms with van der Waals surface area (Å²) in [5, 5.41) is 8.70. The molecular weight excluding hydrogens is 236 g/mol. The Kier molecular flexibility index (Phi) is 4.19. The van der Waals surface area contributed by atoms with Gasteiger partial charge in [0.05, 0.1) is 17.8 Å². The molecule has 0 bridgehead atoms. The summed E-state index contributed by atoms with van der Waals surface area (Å²) in [6.07, 6.45) is 0. The van der Waals surface area contributed by atoms with Crippen molar-refractivity contribution in [3.05, 3.63) is 16.9 Å². The van der Waals surface area contributed by atoms with E-state index in [1.54, 1.807) is 0 Å². The predicted octanol–water partition coefficient (Wildman–Crippen LogP) is 1.64. The van der Waals surface area contributed by atoms with E-state index in [2.05, 4.69) is 19.8 Å². The minimum atomic E-state index is 0. The highest BCUT2D eigenvalue weighted by Crippen LogP contribution is 2.22. The number of nitrogens with one attached hydrogen (secondary N) is 1. The molecule has 0 unspecified atom stereocenters. The molecule has 0 saturated carbocycles. The Labute approximate surface area is 97.5 Å². The van der Waals surface area contributed by atoms with E-state index in [1.807, 2.05) is 19.4 Å². The SMILES string of the molecule is CNCc1noc(-c2csnc2C)n1.Cl. The van der Waals surface area contributed by atoms with Gasteiger partial charge in [-0.3, -0.25) is 0 Å². The maximum absolute atomic E-state index is 5.11. The van der Waals surface area contributed by atoms with E-state index < -0.39 is 0 Å². The van der Waals surface area contributed by atoms with E-state index in [-0.39, 0.29) is 12.4 Å². The molecule has 0 radical (unpaired) electrons. The number of aromatic nitrogens is 3. The lowest BCUT2D eigenvalue weighted by molar-refractivity contribution is 0.420. The summed E-state index contributed by atoms with van der Waals surface area (Å²) in [6.45, 7) is 2.54. The highest BCUT2D eigenvalue weighted by molar-refractivity contribution is 7.04. The van der Waals surface area contributed by atoms with Gasteiger partial charge in [0, 0.05) is 5.38 Å². The molecule has 0 aromatic carbocycles. The zero-order valence-corrected chi connectivity index (χ0v) is 9.98. The summed E-state index contributed by atoms with van der Waals surface area (Å²) >= 11 is 1.39. The van der Waals surface area contributed by atoms with Crippen LogP contribution in [0.3, 0.4) is 0 Å². The first-order chi connectivity index (χ1) is 6.81. The van der Waals surface area contributed by atoms with Gasteiger partial charge >= 0.3 is 0 Å². The molecule has 0 aliphatic heterocycles. The summed E-state index contributed by atoms with van der Waals surface area (Å²) in [4.78, 5) is 4.23. The topological polar surface area (TPSA) is 63.8 Å². The van der Waals surface area contributed by atoms with Crippen LogP contribution in [-0.2, 0) is 6.54 Å². The molecule has 2 heterocycles. The Hall–Kier alpha value is -0.980. The van der Waals surface area contributed by atoms with Gasteiger partial charge in [0.25, 0.3) is 5.89 Å². The van der Waals surface area contributed by atoms with Crippen molar-refractivity contribution < 1.29 is 4.52 Å². The lowest BCUT2D eigenvalue weighted by Crippen LogP contribution is -2.06. The van der Waals surface area contributed by atoms with E-state index in [0.29, 0.717) is 18.3 Å². The molecule has 0 saturated heterocycles. The number of hydrogen-bond donors (Lipinski definition) is 1. The number of nitrogens with zero attached hydrogens (tertiary/aromatic N) is 3. The standard InChI is InChI=1S/C8H10N4OS.ClH/c1-5-6(4-14-12-5)8-10-7(3-9-2)11-13-8;/h4,9H,3H2,1-2H3;1H. The van der Waals surface area contributed by atoms with Crippen LogP contribution in [0.1, 0.15) is 11.5 Å². The molecular formula is C8H11ClN4OS. The second-order valence-corrected chi connectivity index (χ2v) is 3.49. The van der Waals surface area contributed by atoms with Gasteiger partial charge in [-0.05, 0) is 25.5 Å². The van der Waals surface area contributed by atoms with E-state index in [1.165, 1.54) is 11.5 Å². The molecule has 0 amide bonds. The van der Waals surface area contributed by atoms with Crippen molar-refractivity contribution >= 4 is 23.9 Å². The van der Waals surface area contributed by atoms with Gasteiger partial charge in [0.2, 0.25) is 0 Å². The summed E-state index contributed by atoms with van der Waals surface area (Å²) < 4.78 is 9.25. The summed E-state index contributed by atoms with van der Waals surface area (Å²) in [6, 6.07) is 0. The van der Waals surface area contributed by atoms with Gasteiger partial charge in [0.1, 0.15) is 0 Å². The number of aryl methyl sites for hydroxylation is 1. The lowest BCUT2D eigenvalue weighted by Gasteiger charge is -1.88. The maximum atomic E-state index is 5.11. The highest BCUT2D eigenvalue weighted by Gasteiger charge is 2.11. The van der Waals surface area contributed by atoms with Gasteiger partial charge in [-0.1, -0.05) is 5.16 Å². The zero-order valence-electron chi connectivity index (χ0n) is 8.35. The van der Waals surface area contributed by atoms with Crippen LogP contribution in [0.15, 0.2) is 9.90 Å². The zero-order chi connectivity index (χ0) is 9.97. The van der Waals surface area contributed by atoms with Crippen LogP contribution in [0, 0.1) is 6.92 Å². The van der Waals surface area contributed by atoms with E-state index in [0.717, 1.165) is 11.3 Å². The summed E-state index contributed by atoms with van der Waals surface area (Å²) in [5.74, 6) is 1.20. The Morgan fingerprint density at radius 1 is 1.53 bits per heavy atom. The van der Waals surface area contributed by atoms with Gasteiger partial charge in [-0.25, -0.2) is 0 Å². The number of rotatable bonds is 3. The summed E-state index contributed by atoms with van der Waals surface area (Å²) in [5.41, 5.74) is 1.85. The Bertz CT molecular complexity index is 428. The summed E-state index contributed by atoms with van der Waals surface area (Å²) in [7, 11) is 1.84. The van der Waals surface area contributed by atoms with Crippen LogP contribution in [0.2, 0.25) is 0 Å². The second kappa shape index (κ2) is 5.20. The van der Waals surface area contributed by atoms with Gasteiger partial charge in [-0.15, -0.1) is 12.4 Å². The first kappa shape index (κ1) is 12.1. The van der Waals surface area contributed by atoms with Crippen LogP contribution in [0.4, 0.5) is 0 Å². The quantitative estimate of drug-likeness (QED) is 0.892. The van der Waals surface area contributed by atoms with Gasteiger partial charge in [0.15, 0.2) is 5.82 Å². The van der Waals surface area contributed by atoms with Crippen molar-refractivity contribution in [1.29, 1.82) is 0 Å². The lowest BCUT2D eigenvalue weighted by atomic mass is 10.3. The van der Waals surface area contributed by atoms with Crippen molar-refractivity contribution in [2.24, 2.45) is 0 Å². The fraction of sp³-hybridized carbons (Fsp3) is 0.375. The molecule has 0 aliphatic rings. The monoisotopic (exact) mass is 246 g/mol. The third-order valence-corrected chi connectivity index (χ3v) is 2.50. The molecule has 1 N–H and O–H groups in total. The molecule has 2 rings (SSSR count). The Morgan fingerprint density at radius 3 is 2.93 bits per heavy atom. The third kappa shape index (κ3) is 2.53. The first-order valence-corrected chi connectivity index (χ1v) is 5.03. The molecule has 0 atom stereocenters. The van der Waals surface area contributed by atoms with Crippen LogP contribution in [0.5, 0.6) is 0 Å². The van der Waals surface area contributed by atoms with E-state index >= 15 is 0 Å². The minimum absolute atomic E-state index is 0. The smallest absolute Gasteiger partial charge is 0.260 e. The van der Waals surface area contributed by atoms with Crippen molar-refractivity contribution in [2.45, 2.75) is 13.5 Å². The van der Waals surface area contributed by atoms with Crippen LogP contribution in [0.25, 0.3) is 11.5 Å². The van der Waals surface area contributed by atoms with Crippen molar-refractivity contribution in [1.82, 2.24) is 19.8 Å². The van der Waals surface area contributed by atoms with Gasteiger partial charge in [-0.2, -0.15) is 9.36 Å². The average Bonchev–Trinajstić information content (AvgIpc) is 2.74. The molecule has 2 aromatic rings. The average molecular weight is 247 g/mol. The second-order valence-electron chi connectivity index (χ2n) is 2.86. The first-order valence-electron chi connectivity index (χ1n) is 4.20. The predicted molar refractivity (Wildman–Crippen MR) is 60.2 cm³/mol. The molecule has 82 valence electrons. The van der Waals surface area contributed by atoms with Crippen molar-refractivity contribution in [3.8, 4) is 11.5 Å². The van der Waals surface area contributed by atoms with E-state index in [4.69, 9.17) is 4.52 Å². The molecule has 2 aromatic heterocycles. The van der Waals surface area contributed by atoms with Crippen molar-refractivity contribution in [3.63, 3.8) is 0 Å². The van der Waals surface area contributed by atoms with Gasteiger partial charge < -0.3 is 9.84 Å². The minimum Gasteiger partial charge on any atom is -0.334 e. The number of halogens is 1. The Balaban J connectivity index is 0.00000112. The highest BCUT2D eigenvalue weighted by atomic mass is 35.5. The molecule has 0 fully saturated rings. The molecule has 5 nitrogen and oxygen atoms in total. The van der Waals surface area contributed by atoms with Crippen LogP contribution >= 0.6 is 23.9 Å². The molecule has 0 spiro atoms.